The van der Waals surface area contributed by atoms with E-state index in [1.54, 1.807) is 0 Å². The fourth-order valence-corrected chi connectivity index (χ4v) is 2.93. The molecule has 0 atom stereocenters. The van der Waals surface area contributed by atoms with Crippen LogP contribution in [-0.2, 0) is 4.79 Å². The number of ketones is 1. The minimum absolute atomic E-state index is 0.515. The first-order chi connectivity index (χ1) is 7.76. The third-order valence-electron chi connectivity index (χ3n) is 3.99. The molecule has 94 valence electrons. The van der Waals surface area contributed by atoms with Crippen LogP contribution in [0.4, 0.5) is 0 Å². The van der Waals surface area contributed by atoms with Crippen LogP contribution < -0.4 is 0 Å². The predicted molar refractivity (Wildman–Crippen MR) is 69.5 cm³/mol. The normalized spacial score (nSPS) is 25.6. The lowest BCUT2D eigenvalue weighted by atomic mass is 9.78. The Morgan fingerprint density at radius 3 is 2.19 bits per heavy atom. The van der Waals surface area contributed by atoms with Crippen LogP contribution in [-0.4, -0.2) is 5.78 Å². The summed E-state index contributed by atoms with van der Waals surface area (Å²) in [6.07, 6.45) is 12.0. The van der Waals surface area contributed by atoms with Crippen molar-refractivity contribution in [1.29, 1.82) is 0 Å². The molecular formula is C15H28O. The third kappa shape index (κ3) is 5.14. The first-order valence-electron chi connectivity index (χ1n) is 7.27. The van der Waals surface area contributed by atoms with Crippen molar-refractivity contribution in [3.05, 3.63) is 0 Å². The van der Waals surface area contributed by atoms with Gasteiger partial charge in [0.2, 0.25) is 0 Å². The summed E-state index contributed by atoms with van der Waals surface area (Å²) >= 11 is 0. The van der Waals surface area contributed by atoms with Crippen molar-refractivity contribution in [3.8, 4) is 0 Å². The zero-order chi connectivity index (χ0) is 11.8. The number of rotatable bonds is 7. The summed E-state index contributed by atoms with van der Waals surface area (Å²) in [5.41, 5.74) is 0. The molecule has 1 rings (SSSR count). The number of carbonyl (C=O) groups excluding carboxylic acids is 1. The van der Waals surface area contributed by atoms with Gasteiger partial charge >= 0.3 is 0 Å². The Kier molecular flexibility index (Phi) is 6.75. The molecule has 0 aromatic heterocycles. The zero-order valence-electron chi connectivity index (χ0n) is 11.1. The molecule has 1 aliphatic carbocycles. The molecule has 0 unspecified atom stereocenters. The van der Waals surface area contributed by atoms with Crippen molar-refractivity contribution in [3.63, 3.8) is 0 Å². The fraction of sp³-hybridized carbons (Fsp3) is 0.933. The van der Waals surface area contributed by atoms with Crippen LogP contribution >= 0.6 is 0 Å². The number of hydrogen-bond donors (Lipinski definition) is 0. The summed E-state index contributed by atoms with van der Waals surface area (Å²) in [7, 11) is 0. The van der Waals surface area contributed by atoms with Crippen LogP contribution in [0.2, 0.25) is 0 Å². The van der Waals surface area contributed by atoms with Crippen LogP contribution in [0, 0.1) is 11.8 Å². The van der Waals surface area contributed by atoms with Gasteiger partial charge in [0, 0.05) is 12.8 Å². The van der Waals surface area contributed by atoms with E-state index in [1.807, 2.05) is 0 Å². The maximum atomic E-state index is 11.7. The highest BCUT2D eigenvalue weighted by atomic mass is 16.1. The number of carbonyl (C=O) groups is 1. The standard InChI is InChI=1S/C15H28O/c1-3-5-7-15(16)12-14-10-8-13(6-4-2)9-11-14/h13-14H,3-12H2,1-2H3. The molecule has 1 heteroatoms. The Morgan fingerprint density at radius 2 is 1.62 bits per heavy atom. The van der Waals surface area contributed by atoms with Crippen molar-refractivity contribution >= 4 is 5.78 Å². The Labute approximate surface area is 101 Å². The molecule has 0 aromatic rings. The third-order valence-corrected chi connectivity index (χ3v) is 3.99. The summed E-state index contributed by atoms with van der Waals surface area (Å²) in [5.74, 6) is 2.20. The lowest BCUT2D eigenvalue weighted by Gasteiger charge is -2.27. The zero-order valence-corrected chi connectivity index (χ0v) is 11.1. The minimum atomic E-state index is 0.515. The maximum Gasteiger partial charge on any atom is 0.133 e. The van der Waals surface area contributed by atoms with Gasteiger partial charge in [-0.25, -0.2) is 0 Å². The number of unbranched alkanes of at least 4 members (excludes halogenated alkanes) is 1. The average molecular weight is 224 g/mol. The minimum Gasteiger partial charge on any atom is -0.300 e. The summed E-state index contributed by atoms with van der Waals surface area (Å²) < 4.78 is 0. The van der Waals surface area contributed by atoms with E-state index in [0.29, 0.717) is 5.78 Å². The highest BCUT2D eigenvalue weighted by molar-refractivity contribution is 5.78. The molecule has 0 N–H and O–H groups in total. The van der Waals surface area contributed by atoms with E-state index in [1.165, 1.54) is 38.5 Å². The molecule has 0 radical (unpaired) electrons. The van der Waals surface area contributed by atoms with Crippen LogP contribution in [0.25, 0.3) is 0 Å². The first kappa shape index (κ1) is 13.7. The molecule has 1 nitrogen and oxygen atoms in total. The molecule has 16 heavy (non-hydrogen) atoms. The average Bonchev–Trinajstić information content (AvgIpc) is 2.29. The molecule has 0 spiro atoms. The van der Waals surface area contributed by atoms with Crippen LogP contribution in [0.3, 0.4) is 0 Å². The van der Waals surface area contributed by atoms with Gasteiger partial charge in [-0.05, 0) is 31.1 Å². The van der Waals surface area contributed by atoms with Crippen LogP contribution in [0.15, 0.2) is 0 Å². The molecule has 0 heterocycles. The Balaban J connectivity index is 2.14. The molecule has 0 saturated heterocycles. The highest BCUT2D eigenvalue weighted by Gasteiger charge is 2.22. The smallest absolute Gasteiger partial charge is 0.133 e. The van der Waals surface area contributed by atoms with Crippen molar-refractivity contribution in [2.75, 3.05) is 0 Å². The largest absolute Gasteiger partial charge is 0.300 e. The van der Waals surface area contributed by atoms with Gasteiger partial charge in [0.25, 0.3) is 0 Å². The molecular weight excluding hydrogens is 196 g/mol. The van der Waals surface area contributed by atoms with Gasteiger partial charge in [0.15, 0.2) is 0 Å². The van der Waals surface area contributed by atoms with Gasteiger partial charge in [-0.1, -0.05) is 46.0 Å². The summed E-state index contributed by atoms with van der Waals surface area (Å²) in [6.45, 7) is 4.43. The Morgan fingerprint density at radius 1 is 1.00 bits per heavy atom. The van der Waals surface area contributed by atoms with Crippen molar-refractivity contribution in [1.82, 2.24) is 0 Å². The van der Waals surface area contributed by atoms with E-state index in [0.717, 1.165) is 37.5 Å². The van der Waals surface area contributed by atoms with Crippen LogP contribution in [0.5, 0.6) is 0 Å². The number of Topliss-reactive ketones (excluding diaryl/α,β-unsaturated/α-hetero) is 1. The SMILES string of the molecule is CCCCC(=O)CC1CCC(CCC)CC1. The summed E-state index contributed by atoms with van der Waals surface area (Å²) in [6, 6.07) is 0. The molecule has 1 aliphatic rings. The molecule has 0 bridgehead atoms. The lowest BCUT2D eigenvalue weighted by Crippen LogP contribution is -2.17. The van der Waals surface area contributed by atoms with Gasteiger partial charge < -0.3 is 0 Å². The molecule has 0 aromatic carbocycles. The van der Waals surface area contributed by atoms with E-state index in [-0.39, 0.29) is 0 Å². The number of hydrogen-bond acceptors (Lipinski definition) is 1. The molecule has 0 aliphatic heterocycles. The molecule has 0 amide bonds. The molecule has 1 saturated carbocycles. The van der Waals surface area contributed by atoms with Gasteiger partial charge in [-0.3, -0.25) is 4.79 Å². The van der Waals surface area contributed by atoms with E-state index in [4.69, 9.17) is 0 Å². The van der Waals surface area contributed by atoms with E-state index >= 15 is 0 Å². The van der Waals surface area contributed by atoms with Gasteiger partial charge in [0.05, 0.1) is 0 Å². The van der Waals surface area contributed by atoms with E-state index in [2.05, 4.69) is 13.8 Å². The monoisotopic (exact) mass is 224 g/mol. The van der Waals surface area contributed by atoms with Crippen molar-refractivity contribution < 1.29 is 4.79 Å². The maximum absolute atomic E-state index is 11.7. The topological polar surface area (TPSA) is 17.1 Å². The fourth-order valence-electron chi connectivity index (χ4n) is 2.93. The van der Waals surface area contributed by atoms with Gasteiger partial charge in [0.1, 0.15) is 5.78 Å². The predicted octanol–water partition coefficient (Wildman–Crippen LogP) is 4.74. The second kappa shape index (κ2) is 7.86. The second-order valence-corrected chi connectivity index (χ2v) is 5.52. The quantitative estimate of drug-likeness (QED) is 0.610. The van der Waals surface area contributed by atoms with Gasteiger partial charge in [-0.15, -0.1) is 0 Å². The second-order valence-electron chi connectivity index (χ2n) is 5.52. The van der Waals surface area contributed by atoms with Crippen molar-refractivity contribution in [2.45, 2.75) is 78.1 Å². The summed E-state index contributed by atoms with van der Waals surface area (Å²) in [5, 5.41) is 0. The Bertz CT molecular complexity index is 190. The summed E-state index contributed by atoms with van der Waals surface area (Å²) in [4.78, 5) is 11.7. The van der Waals surface area contributed by atoms with Gasteiger partial charge in [-0.2, -0.15) is 0 Å². The lowest BCUT2D eigenvalue weighted by molar-refractivity contribution is -0.120. The highest BCUT2D eigenvalue weighted by Crippen LogP contribution is 2.33. The van der Waals surface area contributed by atoms with Crippen molar-refractivity contribution in [2.24, 2.45) is 11.8 Å². The van der Waals surface area contributed by atoms with E-state index < -0.39 is 0 Å². The van der Waals surface area contributed by atoms with E-state index in [9.17, 15) is 4.79 Å². The van der Waals surface area contributed by atoms with Crippen LogP contribution in [0.1, 0.15) is 78.1 Å². The molecule has 1 fully saturated rings. The first-order valence-corrected chi connectivity index (χ1v) is 7.27. The Hall–Kier alpha value is -0.330.